The van der Waals surface area contributed by atoms with Gasteiger partial charge in [0.1, 0.15) is 0 Å². The Balaban J connectivity index is 0.000000810. The molecule has 0 spiro atoms. The first kappa shape index (κ1) is 9.01. The molecular formula is C7H7F3. The maximum atomic E-state index is 12.0. The highest BCUT2D eigenvalue weighted by Gasteiger charge is 2.04. The molecule has 0 bridgehead atoms. The number of halogens is 3. The summed E-state index contributed by atoms with van der Waals surface area (Å²) in [5, 5.41) is 0. The van der Waals surface area contributed by atoms with Gasteiger partial charge in [0, 0.05) is 0 Å². The molecule has 0 saturated heterocycles. The molecule has 0 radical (unpaired) electrons. The fourth-order valence-corrected chi connectivity index (χ4v) is 0.477. The van der Waals surface area contributed by atoms with Gasteiger partial charge in [0.2, 0.25) is 0 Å². The molecule has 0 N–H and O–H groups in total. The lowest BCUT2D eigenvalue weighted by molar-refractivity contribution is 0.447. The summed E-state index contributed by atoms with van der Waals surface area (Å²) in [7, 11) is 0. The Hall–Kier alpha value is -0.990. The van der Waals surface area contributed by atoms with Crippen LogP contribution in [0.2, 0.25) is 0 Å². The largest absolute Gasteiger partial charge is 0.204 e. The maximum absolute atomic E-state index is 12.0. The minimum absolute atomic E-state index is 0. The van der Waals surface area contributed by atoms with E-state index in [0.29, 0.717) is 0 Å². The van der Waals surface area contributed by atoms with Gasteiger partial charge in [0.15, 0.2) is 17.5 Å². The van der Waals surface area contributed by atoms with E-state index in [-0.39, 0.29) is 7.43 Å². The van der Waals surface area contributed by atoms with E-state index in [1.165, 1.54) is 0 Å². The lowest BCUT2D eigenvalue weighted by atomic mass is 10.3. The van der Waals surface area contributed by atoms with Crippen LogP contribution in [0.4, 0.5) is 13.2 Å². The van der Waals surface area contributed by atoms with Crippen molar-refractivity contribution in [2.24, 2.45) is 0 Å². The average Bonchev–Trinajstić information content (AvgIpc) is 1.83. The molecule has 1 aromatic rings. The standard InChI is InChI=1S/C6H3F3.CH4/c7-4-2-1-3-5(8)6(4)9;/h1-3H;1H4. The van der Waals surface area contributed by atoms with Crippen LogP contribution in [0.1, 0.15) is 7.43 Å². The summed E-state index contributed by atoms with van der Waals surface area (Å²) in [6, 6.07) is 2.82. The monoisotopic (exact) mass is 148 g/mol. The Morgan fingerprint density at radius 1 is 0.900 bits per heavy atom. The molecule has 0 unspecified atom stereocenters. The van der Waals surface area contributed by atoms with Gasteiger partial charge in [-0.15, -0.1) is 0 Å². The van der Waals surface area contributed by atoms with Gasteiger partial charge in [-0.25, -0.2) is 13.2 Å². The van der Waals surface area contributed by atoms with Crippen molar-refractivity contribution in [2.45, 2.75) is 7.43 Å². The second kappa shape index (κ2) is 3.25. The summed E-state index contributed by atoms with van der Waals surface area (Å²) in [6.07, 6.45) is 0. The van der Waals surface area contributed by atoms with Crippen molar-refractivity contribution >= 4 is 0 Å². The zero-order valence-corrected chi connectivity index (χ0v) is 4.37. The summed E-state index contributed by atoms with van der Waals surface area (Å²) in [4.78, 5) is 0. The molecule has 0 amide bonds. The Morgan fingerprint density at radius 3 is 1.60 bits per heavy atom. The van der Waals surface area contributed by atoms with Gasteiger partial charge in [0.05, 0.1) is 0 Å². The van der Waals surface area contributed by atoms with Crippen molar-refractivity contribution in [3.63, 3.8) is 0 Å². The molecule has 1 aromatic carbocycles. The molecular weight excluding hydrogens is 141 g/mol. The molecule has 0 nitrogen and oxygen atoms in total. The summed E-state index contributed by atoms with van der Waals surface area (Å²) < 4.78 is 35.9. The molecule has 0 saturated carbocycles. The minimum Gasteiger partial charge on any atom is -0.204 e. The lowest BCUT2D eigenvalue weighted by Crippen LogP contribution is -1.86. The zero-order chi connectivity index (χ0) is 6.85. The molecule has 0 heterocycles. The van der Waals surface area contributed by atoms with Crippen molar-refractivity contribution in [1.82, 2.24) is 0 Å². The number of benzene rings is 1. The van der Waals surface area contributed by atoms with E-state index < -0.39 is 17.5 Å². The zero-order valence-electron chi connectivity index (χ0n) is 4.37. The molecule has 0 fully saturated rings. The van der Waals surface area contributed by atoms with Crippen LogP contribution in [-0.4, -0.2) is 0 Å². The van der Waals surface area contributed by atoms with Crippen LogP contribution in [-0.2, 0) is 0 Å². The van der Waals surface area contributed by atoms with Gasteiger partial charge in [-0.2, -0.15) is 0 Å². The molecule has 10 heavy (non-hydrogen) atoms. The Morgan fingerprint density at radius 2 is 1.30 bits per heavy atom. The minimum atomic E-state index is -1.42. The third-order valence-corrected chi connectivity index (χ3v) is 0.904. The number of hydrogen-bond donors (Lipinski definition) is 0. The van der Waals surface area contributed by atoms with E-state index in [0.717, 1.165) is 18.2 Å². The maximum Gasteiger partial charge on any atom is 0.194 e. The first-order valence-corrected chi connectivity index (χ1v) is 2.31. The van der Waals surface area contributed by atoms with Crippen LogP contribution in [0.15, 0.2) is 18.2 Å². The third kappa shape index (κ3) is 1.50. The summed E-state index contributed by atoms with van der Waals surface area (Å²) in [6.45, 7) is 0. The van der Waals surface area contributed by atoms with Crippen molar-refractivity contribution in [1.29, 1.82) is 0 Å². The van der Waals surface area contributed by atoms with Gasteiger partial charge in [0.25, 0.3) is 0 Å². The van der Waals surface area contributed by atoms with Crippen molar-refractivity contribution in [3.8, 4) is 0 Å². The second-order valence-corrected chi connectivity index (χ2v) is 1.54. The molecule has 0 aliphatic rings. The third-order valence-electron chi connectivity index (χ3n) is 0.904. The normalized spacial score (nSPS) is 8.70. The highest BCUT2D eigenvalue weighted by atomic mass is 19.2. The van der Waals surface area contributed by atoms with E-state index in [1.807, 2.05) is 0 Å². The summed E-state index contributed by atoms with van der Waals surface area (Å²) >= 11 is 0. The van der Waals surface area contributed by atoms with E-state index in [1.54, 1.807) is 0 Å². The Bertz CT molecular complexity index is 200. The topological polar surface area (TPSA) is 0 Å². The van der Waals surface area contributed by atoms with E-state index in [2.05, 4.69) is 0 Å². The molecule has 0 aliphatic carbocycles. The van der Waals surface area contributed by atoms with Crippen LogP contribution >= 0.6 is 0 Å². The first-order valence-electron chi connectivity index (χ1n) is 2.31. The van der Waals surface area contributed by atoms with Gasteiger partial charge in [-0.1, -0.05) is 13.5 Å². The number of rotatable bonds is 0. The molecule has 56 valence electrons. The van der Waals surface area contributed by atoms with Crippen molar-refractivity contribution in [3.05, 3.63) is 35.7 Å². The van der Waals surface area contributed by atoms with Crippen LogP contribution in [0.3, 0.4) is 0 Å². The lowest BCUT2D eigenvalue weighted by Gasteiger charge is -1.90. The van der Waals surface area contributed by atoms with Crippen LogP contribution in [0.5, 0.6) is 0 Å². The second-order valence-electron chi connectivity index (χ2n) is 1.54. The van der Waals surface area contributed by atoms with Crippen LogP contribution < -0.4 is 0 Å². The van der Waals surface area contributed by atoms with E-state index in [9.17, 15) is 13.2 Å². The van der Waals surface area contributed by atoms with Gasteiger partial charge < -0.3 is 0 Å². The molecule has 1 rings (SSSR count). The van der Waals surface area contributed by atoms with Crippen LogP contribution in [0, 0.1) is 17.5 Å². The Kier molecular flexibility index (Phi) is 2.93. The molecule has 0 aromatic heterocycles. The fourth-order valence-electron chi connectivity index (χ4n) is 0.477. The van der Waals surface area contributed by atoms with Gasteiger partial charge >= 0.3 is 0 Å². The summed E-state index contributed by atoms with van der Waals surface area (Å²) in [5.41, 5.74) is 0. The molecule has 0 aliphatic heterocycles. The highest BCUT2D eigenvalue weighted by molar-refractivity contribution is 5.07. The van der Waals surface area contributed by atoms with Crippen molar-refractivity contribution in [2.75, 3.05) is 0 Å². The predicted molar refractivity (Wildman–Crippen MR) is 33.0 cm³/mol. The summed E-state index contributed by atoms with van der Waals surface area (Å²) in [5.74, 6) is -3.73. The average molecular weight is 148 g/mol. The van der Waals surface area contributed by atoms with E-state index in [4.69, 9.17) is 0 Å². The highest BCUT2D eigenvalue weighted by Crippen LogP contribution is 2.07. The molecule has 3 heteroatoms. The Labute approximate surface area is 57.3 Å². The smallest absolute Gasteiger partial charge is 0.194 e. The van der Waals surface area contributed by atoms with E-state index >= 15 is 0 Å². The predicted octanol–water partition coefficient (Wildman–Crippen LogP) is 2.74. The van der Waals surface area contributed by atoms with Crippen molar-refractivity contribution < 1.29 is 13.2 Å². The number of hydrogen-bond acceptors (Lipinski definition) is 0. The SMILES string of the molecule is C.Fc1cccc(F)c1F. The van der Waals surface area contributed by atoms with Gasteiger partial charge in [-0.05, 0) is 12.1 Å². The first-order chi connectivity index (χ1) is 4.22. The van der Waals surface area contributed by atoms with Gasteiger partial charge in [-0.3, -0.25) is 0 Å². The molecule has 0 atom stereocenters. The van der Waals surface area contributed by atoms with Crippen LogP contribution in [0.25, 0.3) is 0 Å². The fraction of sp³-hybridized carbons (Fsp3) is 0.143. The quantitative estimate of drug-likeness (QED) is 0.496.